The zero-order valence-corrected chi connectivity index (χ0v) is 11.9. The van der Waals surface area contributed by atoms with E-state index < -0.39 is 5.54 Å². The Morgan fingerprint density at radius 1 is 1.35 bits per heavy atom. The largest absolute Gasteiger partial charge is 0.394 e. The van der Waals surface area contributed by atoms with Gasteiger partial charge in [0.15, 0.2) is 0 Å². The molecule has 0 saturated carbocycles. The van der Waals surface area contributed by atoms with Crippen molar-refractivity contribution < 1.29 is 10.2 Å². The first-order chi connectivity index (χ1) is 8.04. The molecule has 0 fully saturated rings. The van der Waals surface area contributed by atoms with E-state index in [0.717, 1.165) is 16.5 Å². The van der Waals surface area contributed by atoms with E-state index in [1.807, 2.05) is 25.1 Å². The Labute approximate surface area is 111 Å². The van der Waals surface area contributed by atoms with E-state index in [0.29, 0.717) is 0 Å². The minimum Gasteiger partial charge on any atom is -0.394 e. The van der Waals surface area contributed by atoms with Gasteiger partial charge in [0.05, 0.1) is 18.8 Å². The van der Waals surface area contributed by atoms with Crippen LogP contribution in [0, 0.1) is 0 Å². The molecular formula is C13H20BrNO2. The first-order valence-electron chi connectivity index (χ1n) is 5.79. The average molecular weight is 302 g/mol. The van der Waals surface area contributed by atoms with Crippen LogP contribution in [0.2, 0.25) is 0 Å². The van der Waals surface area contributed by atoms with Gasteiger partial charge < -0.3 is 15.5 Å². The van der Waals surface area contributed by atoms with Crippen LogP contribution in [0.25, 0.3) is 0 Å². The molecule has 0 radical (unpaired) electrons. The van der Waals surface area contributed by atoms with Gasteiger partial charge in [0.1, 0.15) is 0 Å². The van der Waals surface area contributed by atoms with Crippen molar-refractivity contribution in [3.05, 3.63) is 34.3 Å². The number of hydrogen-bond acceptors (Lipinski definition) is 3. The van der Waals surface area contributed by atoms with Crippen LogP contribution in [0.5, 0.6) is 0 Å². The number of aliphatic hydroxyl groups excluding tert-OH is 2. The zero-order chi connectivity index (χ0) is 12.9. The van der Waals surface area contributed by atoms with E-state index in [2.05, 4.69) is 34.2 Å². The molecule has 1 aromatic carbocycles. The molecule has 0 saturated heterocycles. The number of hydrogen-bond donors (Lipinski definition) is 3. The van der Waals surface area contributed by atoms with Gasteiger partial charge in [-0.15, -0.1) is 0 Å². The fraction of sp³-hybridized carbons (Fsp3) is 0.538. The molecule has 17 heavy (non-hydrogen) atoms. The van der Waals surface area contributed by atoms with Gasteiger partial charge in [0.25, 0.3) is 0 Å². The minimum atomic E-state index is -0.650. The number of benzene rings is 1. The van der Waals surface area contributed by atoms with E-state index in [1.54, 1.807) is 0 Å². The summed E-state index contributed by atoms with van der Waals surface area (Å²) in [5.41, 5.74) is 0.498. The third kappa shape index (κ3) is 4.07. The van der Waals surface area contributed by atoms with Gasteiger partial charge in [-0.05, 0) is 31.0 Å². The maximum absolute atomic E-state index is 9.30. The van der Waals surface area contributed by atoms with Crippen LogP contribution in [0.4, 0.5) is 0 Å². The van der Waals surface area contributed by atoms with Crippen molar-refractivity contribution in [1.29, 1.82) is 0 Å². The van der Waals surface area contributed by atoms with Crippen LogP contribution in [0.1, 0.15) is 31.9 Å². The molecule has 0 aliphatic heterocycles. The van der Waals surface area contributed by atoms with Gasteiger partial charge in [-0.25, -0.2) is 0 Å². The summed E-state index contributed by atoms with van der Waals surface area (Å²) in [6.45, 7) is 3.71. The second kappa shape index (κ2) is 6.50. The summed E-state index contributed by atoms with van der Waals surface area (Å²) in [6, 6.07) is 8.18. The lowest BCUT2D eigenvalue weighted by Gasteiger charge is -2.32. The fourth-order valence-electron chi connectivity index (χ4n) is 1.71. The Balaban J connectivity index is 2.85. The summed E-state index contributed by atoms with van der Waals surface area (Å²) in [4.78, 5) is 0. The number of rotatable bonds is 6. The smallest absolute Gasteiger partial charge is 0.0633 e. The number of nitrogens with one attached hydrogen (secondary N) is 1. The lowest BCUT2D eigenvalue weighted by atomic mass is 9.98. The molecule has 0 aliphatic rings. The van der Waals surface area contributed by atoms with E-state index in [1.165, 1.54) is 0 Å². The Kier molecular flexibility index (Phi) is 5.59. The van der Waals surface area contributed by atoms with Crippen molar-refractivity contribution in [2.45, 2.75) is 31.8 Å². The number of aliphatic hydroxyl groups is 2. The average Bonchev–Trinajstić information content (AvgIpc) is 2.35. The molecule has 0 spiro atoms. The van der Waals surface area contributed by atoms with Gasteiger partial charge in [-0.1, -0.05) is 35.0 Å². The first kappa shape index (κ1) is 14.6. The predicted molar refractivity (Wildman–Crippen MR) is 72.9 cm³/mol. The van der Waals surface area contributed by atoms with Crippen molar-refractivity contribution in [2.75, 3.05) is 13.2 Å². The minimum absolute atomic E-state index is 0.0893. The second-order valence-corrected chi connectivity index (χ2v) is 5.45. The van der Waals surface area contributed by atoms with Crippen LogP contribution in [-0.2, 0) is 0 Å². The topological polar surface area (TPSA) is 52.5 Å². The van der Waals surface area contributed by atoms with Gasteiger partial charge in [0, 0.05) is 10.5 Å². The van der Waals surface area contributed by atoms with Gasteiger partial charge in [0.2, 0.25) is 0 Å². The monoisotopic (exact) mass is 301 g/mol. The first-order valence-corrected chi connectivity index (χ1v) is 6.59. The molecule has 1 rings (SSSR count). The molecule has 0 amide bonds. The van der Waals surface area contributed by atoms with Crippen molar-refractivity contribution in [3.8, 4) is 0 Å². The van der Waals surface area contributed by atoms with Crippen LogP contribution < -0.4 is 5.32 Å². The van der Waals surface area contributed by atoms with Crippen LogP contribution in [0.15, 0.2) is 28.7 Å². The lowest BCUT2D eigenvalue weighted by Crippen LogP contribution is -2.50. The van der Waals surface area contributed by atoms with Crippen LogP contribution >= 0.6 is 15.9 Å². The highest BCUT2D eigenvalue weighted by molar-refractivity contribution is 9.10. The molecule has 3 nitrogen and oxygen atoms in total. The van der Waals surface area contributed by atoms with Crippen LogP contribution in [0.3, 0.4) is 0 Å². The standard InChI is InChI=1S/C13H20BrNO2/c1-3-12(15-13(2,8-16)9-17)10-5-4-6-11(14)7-10/h4-7,12,15-17H,3,8-9H2,1-2H3. The number of halogens is 1. The van der Waals surface area contributed by atoms with Gasteiger partial charge in [-0.3, -0.25) is 0 Å². The Morgan fingerprint density at radius 3 is 2.47 bits per heavy atom. The zero-order valence-electron chi connectivity index (χ0n) is 10.3. The highest BCUT2D eigenvalue weighted by atomic mass is 79.9. The maximum Gasteiger partial charge on any atom is 0.0633 e. The maximum atomic E-state index is 9.30. The Bertz CT molecular complexity index is 353. The highest BCUT2D eigenvalue weighted by Gasteiger charge is 2.25. The molecule has 0 aromatic heterocycles. The van der Waals surface area contributed by atoms with Crippen molar-refractivity contribution >= 4 is 15.9 Å². The molecule has 1 unspecified atom stereocenters. The quantitative estimate of drug-likeness (QED) is 0.755. The normalized spacial score (nSPS) is 13.7. The fourth-order valence-corrected chi connectivity index (χ4v) is 2.12. The van der Waals surface area contributed by atoms with Gasteiger partial charge in [-0.2, -0.15) is 0 Å². The molecule has 3 N–H and O–H groups in total. The second-order valence-electron chi connectivity index (χ2n) is 4.54. The van der Waals surface area contributed by atoms with E-state index in [4.69, 9.17) is 0 Å². The molecule has 4 heteroatoms. The van der Waals surface area contributed by atoms with Crippen molar-refractivity contribution in [1.82, 2.24) is 5.32 Å². The molecule has 96 valence electrons. The van der Waals surface area contributed by atoms with E-state index >= 15 is 0 Å². The molecule has 0 heterocycles. The van der Waals surface area contributed by atoms with Crippen LogP contribution in [-0.4, -0.2) is 29.0 Å². The third-order valence-corrected chi connectivity index (χ3v) is 3.37. The summed E-state index contributed by atoms with van der Waals surface area (Å²) >= 11 is 3.45. The summed E-state index contributed by atoms with van der Waals surface area (Å²) in [5, 5.41) is 21.9. The summed E-state index contributed by atoms with van der Waals surface area (Å²) < 4.78 is 1.03. The summed E-state index contributed by atoms with van der Waals surface area (Å²) in [5.74, 6) is 0. The summed E-state index contributed by atoms with van der Waals surface area (Å²) in [7, 11) is 0. The Hall–Kier alpha value is -0.420. The third-order valence-electron chi connectivity index (χ3n) is 2.88. The Morgan fingerprint density at radius 2 is 2.00 bits per heavy atom. The van der Waals surface area contributed by atoms with E-state index in [-0.39, 0.29) is 19.3 Å². The van der Waals surface area contributed by atoms with Crippen molar-refractivity contribution in [3.63, 3.8) is 0 Å². The lowest BCUT2D eigenvalue weighted by molar-refractivity contribution is 0.0932. The van der Waals surface area contributed by atoms with Crippen molar-refractivity contribution in [2.24, 2.45) is 0 Å². The molecular weight excluding hydrogens is 282 g/mol. The van der Waals surface area contributed by atoms with Gasteiger partial charge >= 0.3 is 0 Å². The summed E-state index contributed by atoms with van der Waals surface area (Å²) in [6.07, 6.45) is 0.895. The predicted octanol–water partition coefficient (Wildman–Crippen LogP) is 2.23. The molecule has 0 bridgehead atoms. The molecule has 0 aliphatic carbocycles. The molecule has 1 atom stereocenters. The SMILES string of the molecule is CCC(NC(C)(CO)CO)c1cccc(Br)c1. The van der Waals surface area contributed by atoms with E-state index in [9.17, 15) is 10.2 Å². The molecule has 1 aromatic rings. The highest BCUT2D eigenvalue weighted by Crippen LogP contribution is 2.23.